The lowest BCUT2D eigenvalue weighted by atomic mass is 9.55. The highest BCUT2D eigenvalue weighted by atomic mass is 16.5. The lowest BCUT2D eigenvalue weighted by Gasteiger charge is -2.45. The first-order valence-corrected chi connectivity index (χ1v) is 13.6. The van der Waals surface area contributed by atoms with Crippen LogP contribution in [0, 0.1) is 46.3 Å². The number of nitrogens with zero attached hydrogens (tertiary/aromatic N) is 2. The Morgan fingerprint density at radius 2 is 1.15 bits per heavy atom. The Kier molecular flexibility index (Phi) is 5.12. The van der Waals surface area contributed by atoms with Crippen molar-refractivity contribution in [2.24, 2.45) is 46.3 Å². The van der Waals surface area contributed by atoms with Crippen molar-refractivity contribution in [2.45, 2.75) is 25.7 Å². The van der Waals surface area contributed by atoms with Gasteiger partial charge in [0.05, 0.1) is 60.1 Å². The van der Waals surface area contributed by atoms with Gasteiger partial charge in [0.15, 0.2) is 0 Å². The summed E-state index contributed by atoms with van der Waals surface area (Å²) in [6, 6.07) is 6.23. The quantitative estimate of drug-likeness (QED) is 0.321. The van der Waals surface area contributed by atoms with Crippen molar-refractivity contribution in [2.75, 3.05) is 24.0 Å². The van der Waals surface area contributed by atoms with E-state index in [1.165, 1.54) is 20.3 Å². The summed E-state index contributed by atoms with van der Waals surface area (Å²) in [5.41, 5.74) is -1.95. The Hall–Kier alpha value is -4.08. The Morgan fingerprint density at radius 3 is 1.50 bits per heavy atom. The van der Waals surface area contributed by atoms with E-state index in [1.807, 2.05) is 12.2 Å². The minimum atomic E-state index is -1.20. The smallest absolute Gasteiger partial charge is 0.316 e. The summed E-state index contributed by atoms with van der Waals surface area (Å²) in [5.74, 6) is -6.33. The molecule has 0 unspecified atom stereocenters. The second kappa shape index (κ2) is 8.22. The van der Waals surface area contributed by atoms with Crippen LogP contribution in [0.25, 0.3) is 0 Å². The molecule has 10 heteroatoms. The van der Waals surface area contributed by atoms with Gasteiger partial charge in [-0.1, -0.05) is 30.4 Å². The van der Waals surface area contributed by atoms with Crippen LogP contribution in [0.1, 0.15) is 25.7 Å². The van der Waals surface area contributed by atoms with Gasteiger partial charge in [-0.25, -0.2) is 9.80 Å². The molecule has 1 aromatic rings. The maximum atomic E-state index is 13.8. The van der Waals surface area contributed by atoms with Crippen molar-refractivity contribution in [3.8, 4) is 0 Å². The average Bonchev–Trinajstić information content (AvgIpc) is 3.44. The highest BCUT2D eigenvalue weighted by Gasteiger charge is 2.67. The summed E-state index contributed by atoms with van der Waals surface area (Å²) in [5, 5.41) is 0. The molecule has 6 aliphatic carbocycles. The molecule has 2 heterocycles. The van der Waals surface area contributed by atoms with E-state index in [0.29, 0.717) is 25.7 Å². The molecule has 9 rings (SSSR count). The van der Waals surface area contributed by atoms with Crippen molar-refractivity contribution < 1.29 is 38.2 Å². The predicted octanol–water partition coefficient (Wildman–Crippen LogP) is 2.18. The van der Waals surface area contributed by atoms with E-state index in [2.05, 4.69) is 0 Å². The van der Waals surface area contributed by atoms with Crippen LogP contribution in [0.5, 0.6) is 0 Å². The molecule has 0 aromatic heterocycles. The molecule has 0 spiro atoms. The van der Waals surface area contributed by atoms with Gasteiger partial charge in [-0.3, -0.25) is 28.8 Å². The second-order valence-electron chi connectivity index (χ2n) is 11.7. The Balaban J connectivity index is 1.25. The van der Waals surface area contributed by atoms with Crippen LogP contribution in [-0.4, -0.2) is 49.8 Å². The maximum Gasteiger partial charge on any atom is 0.316 e. The molecule has 4 bridgehead atoms. The number of amides is 4. The van der Waals surface area contributed by atoms with Crippen molar-refractivity contribution >= 4 is 46.9 Å². The number of allylic oxidation sites excluding steroid dienone is 2. The number of carbonyl (C=O) groups excluding carboxylic acids is 6. The van der Waals surface area contributed by atoms with E-state index in [9.17, 15) is 28.8 Å². The molecule has 4 fully saturated rings. The van der Waals surface area contributed by atoms with Crippen LogP contribution >= 0.6 is 0 Å². The normalized spacial score (nSPS) is 38.6. The molecule has 2 saturated carbocycles. The number of ether oxygens (including phenoxy) is 2. The van der Waals surface area contributed by atoms with Gasteiger partial charge in [0, 0.05) is 0 Å². The van der Waals surface area contributed by atoms with E-state index >= 15 is 0 Å². The number of fused-ring (bicyclic) bond motifs is 2. The highest BCUT2D eigenvalue weighted by molar-refractivity contribution is 6.26. The molecular formula is C30H28N2O8. The minimum Gasteiger partial charge on any atom is -0.468 e. The van der Waals surface area contributed by atoms with Gasteiger partial charge in [-0.05, 0) is 55.7 Å². The summed E-state index contributed by atoms with van der Waals surface area (Å²) in [4.78, 5) is 83.0. The molecule has 10 nitrogen and oxygen atoms in total. The number of anilines is 2. The number of benzene rings is 1. The van der Waals surface area contributed by atoms with Gasteiger partial charge in [-0.2, -0.15) is 0 Å². The van der Waals surface area contributed by atoms with Crippen molar-refractivity contribution in [1.82, 2.24) is 0 Å². The van der Waals surface area contributed by atoms with Crippen molar-refractivity contribution in [1.29, 1.82) is 0 Å². The van der Waals surface area contributed by atoms with E-state index in [0.717, 1.165) is 9.80 Å². The van der Waals surface area contributed by atoms with Gasteiger partial charge in [0.2, 0.25) is 23.6 Å². The van der Waals surface area contributed by atoms with Crippen molar-refractivity contribution in [3.05, 3.63) is 48.6 Å². The molecule has 8 aliphatic rings. The summed E-state index contributed by atoms with van der Waals surface area (Å²) in [6.07, 6.45) is 9.17. The topological polar surface area (TPSA) is 127 Å². The van der Waals surface area contributed by atoms with Crippen LogP contribution < -0.4 is 9.80 Å². The highest BCUT2D eigenvalue weighted by Crippen LogP contribution is 2.59. The third kappa shape index (κ3) is 2.83. The number of esters is 2. The molecule has 4 amide bonds. The number of carbonyl (C=O) groups is 6. The Labute approximate surface area is 229 Å². The summed E-state index contributed by atoms with van der Waals surface area (Å²) in [6.45, 7) is 0. The number of rotatable bonds is 4. The lowest BCUT2D eigenvalue weighted by Crippen LogP contribution is -2.51. The largest absolute Gasteiger partial charge is 0.468 e. The fourth-order valence-corrected chi connectivity index (χ4v) is 8.46. The molecular weight excluding hydrogens is 516 g/mol. The first-order valence-electron chi connectivity index (χ1n) is 13.6. The van der Waals surface area contributed by atoms with Crippen LogP contribution in [0.2, 0.25) is 0 Å². The summed E-state index contributed by atoms with van der Waals surface area (Å²) >= 11 is 0. The first-order chi connectivity index (χ1) is 19.2. The van der Waals surface area contributed by atoms with Crippen LogP contribution in [0.15, 0.2) is 48.6 Å². The molecule has 40 heavy (non-hydrogen) atoms. The van der Waals surface area contributed by atoms with Crippen LogP contribution in [0.3, 0.4) is 0 Å². The van der Waals surface area contributed by atoms with Gasteiger partial charge in [0.1, 0.15) is 0 Å². The summed E-state index contributed by atoms with van der Waals surface area (Å²) < 4.78 is 10.1. The zero-order valence-corrected chi connectivity index (χ0v) is 22.1. The zero-order chi connectivity index (χ0) is 28.1. The Morgan fingerprint density at radius 1 is 0.725 bits per heavy atom. The zero-order valence-electron chi connectivity index (χ0n) is 22.1. The van der Waals surface area contributed by atoms with Crippen LogP contribution in [0.4, 0.5) is 11.4 Å². The average molecular weight is 545 g/mol. The molecule has 0 radical (unpaired) electrons. The monoisotopic (exact) mass is 544 g/mol. The molecule has 8 atom stereocenters. The number of hydrogen-bond acceptors (Lipinski definition) is 8. The second-order valence-corrected chi connectivity index (χ2v) is 11.7. The SMILES string of the molecule is COC(=O)[C@]12C=C[C@@H](CC1)[C@H]1C(=O)N(c3cccc(N4C(=O)[C@@H]5[C@@H]6C=C[C@@](C(=O)OC)(CC6)[C@H]5C4=O)c3)C(=O)[C@H]12. The standard InChI is InChI=1S/C30H28N2O8/c1-39-27(37)29-10-6-15(7-11-29)19-21(29)25(35)31(23(19)33)17-4-3-5-18(14-17)32-24(34)20-16-8-12-30(13-9-16,28(38)40-2)22(20)26(32)36/h3-6,8,10,12,14-16,19-22H,7,9,11,13H2,1-2H3/t15-,16+,19-,20-,21-,22+,29-,30-/m1/s1. The number of imide groups is 2. The minimum absolute atomic E-state index is 0.163. The lowest BCUT2D eigenvalue weighted by molar-refractivity contribution is -0.161. The molecule has 1 aromatic carbocycles. The summed E-state index contributed by atoms with van der Waals surface area (Å²) in [7, 11) is 2.55. The van der Waals surface area contributed by atoms with E-state index < -0.39 is 70.1 Å². The molecule has 2 aliphatic heterocycles. The van der Waals surface area contributed by atoms with Crippen molar-refractivity contribution in [3.63, 3.8) is 0 Å². The third-order valence-corrected chi connectivity index (χ3v) is 10.3. The number of hydrogen-bond donors (Lipinski definition) is 0. The Bertz CT molecular complexity index is 1370. The van der Waals surface area contributed by atoms with Crippen LogP contribution in [-0.2, 0) is 38.2 Å². The van der Waals surface area contributed by atoms with Gasteiger partial charge < -0.3 is 9.47 Å². The molecule has 0 N–H and O–H groups in total. The predicted molar refractivity (Wildman–Crippen MR) is 138 cm³/mol. The van der Waals surface area contributed by atoms with Gasteiger partial charge >= 0.3 is 11.9 Å². The molecule has 2 saturated heterocycles. The maximum absolute atomic E-state index is 13.8. The fourth-order valence-electron chi connectivity index (χ4n) is 8.46. The first kappa shape index (κ1) is 24.9. The molecule has 206 valence electrons. The van der Waals surface area contributed by atoms with E-state index in [-0.39, 0.29) is 23.2 Å². The van der Waals surface area contributed by atoms with Gasteiger partial charge in [0.25, 0.3) is 0 Å². The third-order valence-electron chi connectivity index (χ3n) is 10.3. The van der Waals surface area contributed by atoms with Gasteiger partial charge in [-0.15, -0.1) is 0 Å². The van der Waals surface area contributed by atoms with E-state index in [4.69, 9.17) is 9.47 Å². The fraction of sp³-hybridized carbons (Fsp3) is 0.467. The number of methoxy groups -OCH3 is 2. The van der Waals surface area contributed by atoms with E-state index in [1.54, 1.807) is 30.4 Å².